The summed E-state index contributed by atoms with van der Waals surface area (Å²) in [5.74, 6) is -0.789. The smallest absolute Gasteiger partial charge is 0.230 e. The van der Waals surface area contributed by atoms with E-state index in [1.807, 2.05) is 0 Å². The highest BCUT2D eigenvalue weighted by Crippen LogP contribution is 2.20. The molecular weight excluding hydrogens is 224 g/mol. The van der Waals surface area contributed by atoms with Crippen LogP contribution in [0.1, 0.15) is 13.8 Å². The van der Waals surface area contributed by atoms with Crippen LogP contribution in [0, 0.1) is 0 Å². The number of amides is 2. The predicted octanol–water partition coefficient (Wildman–Crippen LogP) is 0.568. The monoisotopic (exact) mass is 234 g/mol. The van der Waals surface area contributed by atoms with Crippen molar-refractivity contribution in [2.24, 2.45) is 0 Å². The molecular formula is C10H10N4O3. The van der Waals surface area contributed by atoms with Gasteiger partial charge in [-0.3, -0.25) is 14.5 Å². The van der Waals surface area contributed by atoms with Crippen molar-refractivity contribution in [3.63, 3.8) is 0 Å². The summed E-state index contributed by atoms with van der Waals surface area (Å²) in [5.41, 5.74) is 1.17. The topological polar surface area (TPSA) is 88.3 Å². The van der Waals surface area contributed by atoms with Crippen LogP contribution in [0.5, 0.6) is 0 Å². The molecule has 7 heteroatoms. The third-order valence-electron chi connectivity index (χ3n) is 2.30. The van der Waals surface area contributed by atoms with Crippen molar-refractivity contribution in [3.8, 4) is 0 Å². The molecule has 1 heterocycles. The first-order valence-electron chi connectivity index (χ1n) is 4.86. The fraction of sp³-hybridized carbons (Fsp3) is 0.200. The number of fused-ring (bicyclic) bond motifs is 1. The quantitative estimate of drug-likeness (QED) is 0.728. The van der Waals surface area contributed by atoms with E-state index in [1.54, 1.807) is 12.1 Å². The zero-order valence-corrected chi connectivity index (χ0v) is 9.28. The molecule has 1 aromatic heterocycles. The molecule has 2 rings (SSSR count). The maximum Gasteiger partial charge on any atom is 0.230 e. The molecule has 88 valence electrons. The van der Waals surface area contributed by atoms with E-state index in [0.717, 1.165) is 4.90 Å². The van der Waals surface area contributed by atoms with Gasteiger partial charge in [-0.15, -0.1) is 5.10 Å². The Labute approximate surface area is 96.2 Å². The van der Waals surface area contributed by atoms with Crippen molar-refractivity contribution in [1.82, 2.24) is 15.2 Å². The molecule has 0 fully saturated rings. The Bertz CT molecular complexity index is 591. The van der Waals surface area contributed by atoms with Gasteiger partial charge >= 0.3 is 0 Å². The van der Waals surface area contributed by atoms with Gasteiger partial charge in [0.15, 0.2) is 0 Å². The van der Waals surface area contributed by atoms with Crippen LogP contribution in [-0.4, -0.2) is 32.2 Å². The number of hydrogen-bond donors (Lipinski definition) is 1. The molecule has 2 amide bonds. The second-order valence-corrected chi connectivity index (χ2v) is 3.53. The van der Waals surface area contributed by atoms with E-state index in [1.165, 1.54) is 19.9 Å². The van der Waals surface area contributed by atoms with Crippen molar-refractivity contribution in [2.45, 2.75) is 13.8 Å². The maximum atomic E-state index is 11.3. The van der Waals surface area contributed by atoms with E-state index in [0.29, 0.717) is 21.6 Å². The Morgan fingerprint density at radius 3 is 2.53 bits per heavy atom. The van der Waals surface area contributed by atoms with Gasteiger partial charge in [0.2, 0.25) is 11.8 Å². The highest BCUT2D eigenvalue weighted by molar-refractivity contribution is 6.13. The predicted molar refractivity (Wildman–Crippen MR) is 58.6 cm³/mol. The highest BCUT2D eigenvalue weighted by Gasteiger charge is 2.17. The average Bonchev–Trinajstić information content (AvgIpc) is 2.59. The first kappa shape index (κ1) is 11.1. The van der Waals surface area contributed by atoms with Crippen LogP contribution in [0.2, 0.25) is 0 Å². The summed E-state index contributed by atoms with van der Waals surface area (Å²) in [6.45, 7) is 2.58. The number of hydrogen-bond acceptors (Lipinski definition) is 5. The van der Waals surface area contributed by atoms with Crippen LogP contribution in [0.3, 0.4) is 0 Å². The molecule has 0 aliphatic rings. The molecule has 17 heavy (non-hydrogen) atoms. The van der Waals surface area contributed by atoms with Gasteiger partial charge < -0.3 is 5.21 Å². The third kappa shape index (κ3) is 1.82. The molecule has 0 aliphatic heterocycles. The number of nitrogens with zero attached hydrogens (tertiary/aromatic N) is 4. The van der Waals surface area contributed by atoms with Crippen molar-refractivity contribution < 1.29 is 14.8 Å². The molecule has 2 aromatic rings. The largest absolute Gasteiger partial charge is 0.410 e. The maximum absolute atomic E-state index is 11.3. The molecule has 0 spiro atoms. The fourth-order valence-electron chi connectivity index (χ4n) is 1.62. The van der Waals surface area contributed by atoms with Gasteiger partial charge in [0.25, 0.3) is 0 Å². The van der Waals surface area contributed by atoms with Gasteiger partial charge in [-0.05, 0) is 23.4 Å². The van der Waals surface area contributed by atoms with Crippen LogP contribution >= 0.6 is 0 Å². The Balaban J connectivity index is 2.57. The molecule has 0 unspecified atom stereocenters. The summed E-state index contributed by atoms with van der Waals surface area (Å²) < 4.78 is 0. The number of rotatable bonds is 1. The lowest BCUT2D eigenvalue weighted by Gasteiger charge is -2.16. The Hall–Kier alpha value is -2.44. The minimum absolute atomic E-state index is 0.329. The lowest BCUT2D eigenvalue weighted by Crippen LogP contribution is -2.32. The Morgan fingerprint density at radius 2 is 1.94 bits per heavy atom. The zero-order valence-electron chi connectivity index (χ0n) is 9.28. The number of imide groups is 1. The molecule has 0 atom stereocenters. The molecule has 1 aromatic carbocycles. The second-order valence-electron chi connectivity index (χ2n) is 3.53. The highest BCUT2D eigenvalue weighted by atomic mass is 16.5. The van der Waals surface area contributed by atoms with Gasteiger partial charge in [-0.1, -0.05) is 4.85 Å². The van der Waals surface area contributed by atoms with Crippen LogP contribution in [0.4, 0.5) is 5.69 Å². The zero-order chi connectivity index (χ0) is 12.6. The molecule has 7 nitrogen and oxygen atoms in total. The van der Waals surface area contributed by atoms with Gasteiger partial charge in [0.1, 0.15) is 11.0 Å². The summed E-state index contributed by atoms with van der Waals surface area (Å²) in [6.07, 6.45) is 0. The minimum atomic E-state index is -0.395. The summed E-state index contributed by atoms with van der Waals surface area (Å²) >= 11 is 0. The number of aromatic nitrogens is 3. The number of carbonyl (C=O) groups is 2. The second kappa shape index (κ2) is 3.85. The summed E-state index contributed by atoms with van der Waals surface area (Å²) in [4.78, 5) is 24.3. The SMILES string of the molecule is CC(=O)N(C(C)=O)c1ccc2nnn(O)c2c1. The number of benzene rings is 1. The normalized spacial score (nSPS) is 10.5. The van der Waals surface area contributed by atoms with E-state index in [2.05, 4.69) is 10.3 Å². The third-order valence-corrected chi connectivity index (χ3v) is 2.30. The van der Waals surface area contributed by atoms with Crippen molar-refractivity contribution >= 4 is 28.5 Å². The molecule has 0 saturated heterocycles. The number of anilines is 1. The van der Waals surface area contributed by atoms with Gasteiger partial charge in [-0.25, -0.2) is 0 Å². The van der Waals surface area contributed by atoms with Crippen LogP contribution in [0.15, 0.2) is 18.2 Å². The van der Waals surface area contributed by atoms with Crippen LogP contribution in [0.25, 0.3) is 11.0 Å². The molecule has 1 N–H and O–H groups in total. The Morgan fingerprint density at radius 1 is 1.29 bits per heavy atom. The lowest BCUT2D eigenvalue weighted by atomic mass is 10.2. The standard InChI is InChI=1S/C10H10N4O3/c1-6(15)13(7(2)16)8-3-4-9-10(5-8)14(17)12-11-9/h3-5,17H,1-2H3. The average molecular weight is 234 g/mol. The number of carbonyl (C=O) groups excluding carboxylic acids is 2. The van der Waals surface area contributed by atoms with E-state index in [4.69, 9.17) is 0 Å². The molecule has 0 saturated carbocycles. The van der Waals surface area contributed by atoms with Crippen molar-refractivity contribution in [1.29, 1.82) is 0 Å². The van der Waals surface area contributed by atoms with E-state index < -0.39 is 11.8 Å². The van der Waals surface area contributed by atoms with E-state index >= 15 is 0 Å². The molecule has 0 aliphatic carbocycles. The summed E-state index contributed by atoms with van der Waals surface area (Å²) in [6, 6.07) is 4.61. The van der Waals surface area contributed by atoms with E-state index in [-0.39, 0.29) is 0 Å². The Kier molecular flexibility index (Phi) is 2.51. The molecule has 0 bridgehead atoms. The minimum Gasteiger partial charge on any atom is -0.410 e. The van der Waals surface area contributed by atoms with Gasteiger partial charge in [-0.2, -0.15) is 0 Å². The van der Waals surface area contributed by atoms with Crippen molar-refractivity contribution in [2.75, 3.05) is 4.90 Å². The van der Waals surface area contributed by atoms with Gasteiger partial charge in [0, 0.05) is 13.8 Å². The first-order valence-corrected chi connectivity index (χ1v) is 4.86. The van der Waals surface area contributed by atoms with E-state index in [9.17, 15) is 14.8 Å². The fourth-order valence-corrected chi connectivity index (χ4v) is 1.62. The summed E-state index contributed by atoms with van der Waals surface area (Å²) in [7, 11) is 0. The molecule has 0 radical (unpaired) electrons. The van der Waals surface area contributed by atoms with Crippen molar-refractivity contribution in [3.05, 3.63) is 18.2 Å². The lowest BCUT2D eigenvalue weighted by molar-refractivity contribution is -0.124. The van der Waals surface area contributed by atoms with Gasteiger partial charge in [0.05, 0.1) is 5.69 Å². The summed E-state index contributed by atoms with van der Waals surface area (Å²) in [5, 5.41) is 16.5. The first-order chi connectivity index (χ1) is 8.00. The van der Waals surface area contributed by atoms with Crippen LogP contribution < -0.4 is 4.90 Å². The van der Waals surface area contributed by atoms with Crippen LogP contribution in [-0.2, 0) is 9.59 Å².